The highest BCUT2D eigenvalue weighted by atomic mass is 16.5. The number of carbonyl (C=O) groups is 1. The van der Waals surface area contributed by atoms with Gasteiger partial charge in [0.2, 0.25) is 0 Å². The van der Waals surface area contributed by atoms with Crippen molar-refractivity contribution in [2.24, 2.45) is 0 Å². The highest BCUT2D eigenvalue weighted by Crippen LogP contribution is 2.12. The normalized spacial score (nSPS) is 18.5. The topological polar surface area (TPSA) is 76.5 Å². The van der Waals surface area contributed by atoms with Crippen LogP contribution in [0, 0.1) is 0 Å². The summed E-state index contributed by atoms with van der Waals surface area (Å²) >= 11 is 0. The van der Waals surface area contributed by atoms with Gasteiger partial charge in [-0.2, -0.15) is 5.10 Å². The van der Waals surface area contributed by atoms with Gasteiger partial charge in [0.25, 0.3) is 5.56 Å². The van der Waals surface area contributed by atoms with E-state index in [1.807, 2.05) is 24.3 Å². The van der Waals surface area contributed by atoms with Gasteiger partial charge in [0, 0.05) is 24.5 Å². The van der Waals surface area contributed by atoms with Crippen LogP contribution in [0.2, 0.25) is 0 Å². The molecule has 0 aliphatic carbocycles. The second kappa shape index (κ2) is 7.44. The van der Waals surface area contributed by atoms with Crippen molar-refractivity contribution in [3.05, 3.63) is 40.8 Å². The molecule has 0 saturated carbocycles. The van der Waals surface area contributed by atoms with Crippen molar-refractivity contribution in [3.63, 3.8) is 0 Å². The zero-order valence-corrected chi connectivity index (χ0v) is 13.8. The summed E-state index contributed by atoms with van der Waals surface area (Å²) in [6.07, 6.45) is 3.20. The average molecular weight is 330 g/mol. The smallest absolute Gasteiger partial charge is 0.407 e. The second-order valence-electron chi connectivity index (χ2n) is 5.96. The van der Waals surface area contributed by atoms with Crippen molar-refractivity contribution in [2.45, 2.75) is 32.5 Å². The van der Waals surface area contributed by atoms with Gasteiger partial charge in [0.1, 0.15) is 0 Å². The summed E-state index contributed by atoms with van der Waals surface area (Å²) < 4.78 is 6.41. The third-order valence-electron chi connectivity index (χ3n) is 4.20. The first kappa shape index (κ1) is 16.4. The number of ether oxygens (including phenoxy) is 1. The lowest BCUT2D eigenvalue weighted by Crippen LogP contribution is -2.49. The molecule has 0 radical (unpaired) electrons. The minimum Gasteiger partial charge on any atom is -0.450 e. The van der Waals surface area contributed by atoms with Gasteiger partial charge >= 0.3 is 6.09 Å². The van der Waals surface area contributed by atoms with Gasteiger partial charge in [0.05, 0.1) is 24.9 Å². The number of hydrogen-bond acceptors (Lipinski definition) is 5. The zero-order valence-electron chi connectivity index (χ0n) is 13.8. The average Bonchev–Trinajstić information content (AvgIpc) is 2.58. The van der Waals surface area contributed by atoms with E-state index >= 15 is 0 Å². The quantitative estimate of drug-likeness (QED) is 0.921. The summed E-state index contributed by atoms with van der Waals surface area (Å²) in [6.45, 7) is 4.12. The third kappa shape index (κ3) is 3.73. The van der Waals surface area contributed by atoms with Crippen LogP contribution in [0.1, 0.15) is 19.8 Å². The largest absolute Gasteiger partial charge is 0.450 e. The molecule has 24 heavy (non-hydrogen) atoms. The summed E-state index contributed by atoms with van der Waals surface area (Å²) in [5.41, 5.74) is -0.0893. The Balaban J connectivity index is 1.68. The number of hydrogen-bond donors (Lipinski definition) is 1. The molecule has 128 valence electrons. The van der Waals surface area contributed by atoms with Crippen LogP contribution < -0.4 is 10.9 Å². The first-order chi connectivity index (χ1) is 11.7. The van der Waals surface area contributed by atoms with E-state index in [9.17, 15) is 9.59 Å². The number of fused-ring (bicyclic) bond motifs is 1. The molecular weight excluding hydrogens is 308 g/mol. The van der Waals surface area contributed by atoms with E-state index in [2.05, 4.69) is 15.3 Å². The molecule has 1 aromatic heterocycles. The molecule has 1 saturated heterocycles. The first-order valence-electron chi connectivity index (χ1n) is 8.28. The minimum absolute atomic E-state index is 0.0361. The van der Waals surface area contributed by atoms with Crippen molar-refractivity contribution in [1.29, 1.82) is 0 Å². The third-order valence-corrected chi connectivity index (χ3v) is 4.20. The van der Waals surface area contributed by atoms with E-state index in [1.54, 1.807) is 13.1 Å². The van der Waals surface area contributed by atoms with E-state index in [0.717, 1.165) is 24.8 Å². The molecule has 1 aliphatic heterocycles. The van der Waals surface area contributed by atoms with E-state index < -0.39 is 0 Å². The van der Waals surface area contributed by atoms with Crippen molar-refractivity contribution in [1.82, 2.24) is 20.0 Å². The van der Waals surface area contributed by atoms with Gasteiger partial charge in [-0.25, -0.2) is 9.48 Å². The van der Waals surface area contributed by atoms with Gasteiger partial charge in [-0.3, -0.25) is 9.69 Å². The number of nitrogens with zero attached hydrogens (tertiary/aromatic N) is 3. The van der Waals surface area contributed by atoms with Crippen LogP contribution in [-0.4, -0.2) is 46.5 Å². The van der Waals surface area contributed by atoms with Gasteiger partial charge in [0.15, 0.2) is 0 Å². The molecule has 1 N–H and O–H groups in total. The van der Waals surface area contributed by atoms with E-state index in [-0.39, 0.29) is 17.7 Å². The Hall–Kier alpha value is -2.41. The molecule has 0 bridgehead atoms. The van der Waals surface area contributed by atoms with Crippen molar-refractivity contribution < 1.29 is 9.53 Å². The predicted octanol–water partition coefficient (Wildman–Crippen LogP) is 1.56. The van der Waals surface area contributed by atoms with Gasteiger partial charge < -0.3 is 10.1 Å². The number of aromatic nitrogens is 2. The molecule has 1 aromatic carbocycles. The Morgan fingerprint density at radius 1 is 1.42 bits per heavy atom. The number of likely N-dealkylation sites (tertiary alicyclic amines) is 1. The summed E-state index contributed by atoms with van der Waals surface area (Å²) in [4.78, 5) is 26.2. The Morgan fingerprint density at radius 2 is 2.25 bits per heavy atom. The van der Waals surface area contributed by atoms with E-state index in [0.29, 0.717) is 25.2 Å². The molecular formula is C17H22N4O3. The molecule has 2 aromatic rings. The molecule has 7 nitrogen and oxygen atoms in total. The van der Waals surface area contributed by atoms with Crippen LogP contribution in [0.15, 0.2) is 35.3 Å². The van der Waals surface area contributed by atoms with E-state index in [1.165, 1.54) is 4.68 Å². The lowest BCUT2D eigenvalue weighted by atomic mass is 10.1. The summed E-state index contributed by atoms with van der Waals surface area (Å²) in [6, 6.07) is 7.48. The molecule has 0 spiro atoms. The number of amides is 1. The van der Waals surface area contributed by atoms with Gasteiger partial charge in [-0.1, -0.05) is 18.2 Å². The van der Waals surface area contributed by atoms with Gasteiger partial charge in [-0.15, -0.1) is 0 Å². The zero-order chi connectivity index (χ0) is 16.9. The first-order valence-corrected chi connectivity index (χ1v) is 8.28. The lowest BCUT2D eigenvalue weighted by molar-refractivity contribution is 0.120. The SMILES string of the molecule is CCOC(=O)N[C@H]1CCCN(Cn2ncc3ccccc3c2=O)C1. The van der Waals surface area contributed by atoms with Crippen LogP contribution in [-0.2, 0) is 11.4 Å². The Morgan fingerprint density at radius 3 is 3.08 bits per heavy atom. The highest BCUT2D eigenvalue weighted by molar-refractivity contribution is 5.80. The standard InChI is InChI=1S/C17H22N4O3/c1-2-24-17(23)19-14-7-5-9-20(11-14)12-21-16(22)15-8-4-3-6-13(15)10-18-21/h3-4,6,8,10,14H,2,5,7,9,11-12H2,1H3,(H,19,23)/t14-/m0/s1. The molecule has 1 fully saturated rings. The molecule has 2 heterocycles. The fourth-order valence-corrected chi connectivity index (χ4v) is 3.06. The molecule has 7 heteroatoms. The Labute approximate surface area is 140 Å². The fourth-order valence-electron chi connectivity index (χ4n) is 3.06. The maximum atomic E-state index is 12.5. The summed E-state index contributed by atoms with van der Waals surface area (Å²) in [5, 5.41) is 8.65. The number of nitrogens with one attached hydrogen (secondary N) is 1. The fraction of sp³-hybridized carbons (Fsp3) is 0.471. The molecule has 1 atom stereocenters. The van der Waals surface area contributed by atoms with Crippen molar-refractivity contribution in [2.75, 3.05) is 19.7 Å². The predicted molar refractivity (Wildman–Crippen MR) is 90.8 cm³/mol. The molecule has 1 aliphatic rings. The van der Waals surface area contributed by atoms with Crippen LogP contribution in [0.25, 0.3) is 10.8 Å². The van der Waals surface area contributed by atoms with Crippen LogP contribution >= 0.6 is 0 Å². The second-order valence-corrected chi connectivity index (χ2v) is 5.96. The minimum atomic E-state index is -0.384. The van der Waals surface area contributed by atoms with E-state index in [4.69, 9.17) is 4.74 Å². The Bertz CT molecular complexity index is 774. The maximum absolute atomic E-state index is 12.5. The summed E-state index contributed by atoms with van der Waals surface area (Å²) in [5.74, 6) is 0. The molecule has 1 amide bonds. The maximum Gasteiger partial charge on any atom is 0.407 e. The number of rotatable bonds is 4. The number of alkyl carbamates (subject to hydrolysis) is 1. The van der Waals surface area contributed by atoms with Crippen LogP contribution in [0.5, 0.6) is 0 Å². The lowest BCUT2D eigenvalue weighted by Gasteiger charge is -2.32. The van der Waals surface area contributed by atoms with Crippen LogP contribution in [0.3, 0.4) is 0 Å². The summed E-state index contributed by atoms with van der Waals surface area (Å²) in [7, 11) is 0. The highest BCUT2D eigenvalue weighted by Gasteiger charge is 2.22. The molecule has 0 unspecified atom stereocenters. The van der Waals surface area contributed by atoms with Gasteiger partial charge in [-0.05, 0) is 25.8 Å². The number of benzene rings is 1. The number of piperidine rings is 1. The Kier molecular flexibility index (Phi) is 5.10. The monoisotopic (exact) mass is 330 g/mol. The van der Waals surface area contributed by atoms with Crippen molar-refractivity contribution >= 4 is 16.9 Å². The van der Waals surface area contributed by atoms with Crippen LogP contribution in [0.4, 0.5) is 4.79 Å². The molecule has 3 rings (SSSR count). The number of carbonyl (C=O) groups excluding carboxylic acids is 1. The van der Waals surface area contributed by atoms with Crippen molar-refractivity contribution in [3.8, 4) is 0 Å².